The fourth-order valence-corrected chi connectivity index (χ4v) is 4.41. The van der Waals surface area contributed by atoms with E-state index in [-0.39, 0.29) is 6.04 Å². The minimum Gasteiger partial charge on any atom is -0.207 e. The Balaban J connectivity index is 2.28. The molecule has 108 valence electrons. The smallest absolute Gasteiger partial charge is 0.207 e. The molecule has 20 heavy (non-hydrogen) atoms. The molecule has 5 heteroatoms. The van der Waals surface area contributed by atoms with Crippen LogP contribution in [0.2, 0.25) is 0 Å². The van der Waals surface area contributed by atoms with Crippen LogP contribution in [-0.2, 0) is 16.4 Å². The van der Waals surface area contributed by atoms with E-state index in [4.69, 9.17) is 5.26 Å². The minimum absolute atomic E-state index is 0.0348. The summed E-state index contributed by atoms with van der Waals surface area (Å²) in [6.45, 7) is 4.67. The quantitative estimate of drug-likeness (QED) is 0.860. The van der Waals surface area contributed by atoms with E-state index in [1.807, 2.05) is 6.92 Å². The maximum absolute atomic E-state index is 12.7. The zero-order valence-electron chi connectivity index (χ0n) is 11.9. The Bertz CT molecular complexity index is 602. The van der Waals surface area contributed by atoms with Gasteiger partial charge in [0, 0.05) is 12.6 Å². The minimum atomic E-state index is -3.43. The number of nitriles is 1. The molecule has 4 nitrogen and oxygen atoms in total. The van der Waals surface area contributed by atoms with Gasteiger partial charge in [-0.05, 0) is 43.4 Å². The average molecular weight is 292 g/mol. The highest BCUT2D eigenvalue weighted by Crippen LogP contribution is 2.28. The van der Waals surface area contributed by atoms with E-state index < -0.39 is 10.0 Å². The summed E-state index contributed by atoms with van der Waals surface area (Å²) in [5.41, 5.74) is 0.839. The second-order valence-electron chi connectivity index (χ2n) is 5.45. The van der Waals surface area contributed by atoms with Crippen LogP contribution in [0.1, 0.15) is 32.3 Å². The van der Waals surface area contributed by atoms with Crippen molar-refractivity contribution in [3.63, 3.8) is 0 Å². The van der Waals surface area contributed by atoms with Crippen molar-refractivity contribution in [2.45, 2.75) is 44.0 Å². The molecule has 1 saturated heterocycles. The van der Waals surface area contributed by atoms with Gasteiger partial charge in [-0.15, -0.1) is 0 Å². The fourth-order valence-electron chi connectivity index (χ4n) is 2.64. The van der Waals surface area contributed by atoms with E-state index in [2.05, 4.69) is 13.0 Å². The molecule has 1 fully saturated rings. The molecule has 1 heterocycles. The van der Waals surface area contributed by atoms with Crippen molar-refractivity contribution in [1.82, 2.24) is 4.31 Å². The van der Waals surface area contributed by atoms with Crippen molar-refractivity contribution in [2.24, 2.45) is 5.92 Å². The molecule has 0 aliphatic carbocycles. The lowest BCUT2D eigenvalue weighted by Crippen LogP contribution is -2.45. The normalized spacial score (nSPS) is 24.2. The SMILES string of the molecule is CC1CCCN(S(=O)(=O)c2ccc(CC#N)cc2)C1C. The summed E-state index contributed by atoms with van der Waals surface area (Å²) in [6, 6.07) is 8.74. The van der Waals surface area contributed by atoms with Crippen LogP contribution in [0.5, 0.6) is 0 Å². The molecule has 0 radical (unpaired) electrons. The van der Waals surface area contributed by atoms with E-state index in [0.717, 1.165) is 18.4 Å². The molecule has 0 N–H and O–H groups in total. The van der Waals surface area contributed by atoms with E-state index in [1.165, 1.54) is 0 Å². The molecule has 0 aromatic heterocycles. The molecule has 0 spiro atoms. The van der Waals surface area contributed by atoms with Crippen molar-refractivity contribution in [2.75, 3.05) is 6.54 Å². The van der Waals surface area contributed by atoms with Gasteiger partial charge in [-0.25, -0.2) is 8.42 Å². The van der Waals surface area contributed by atoms with Crippen molar-refractivity contribution in [3.8, 4) is 6.07 Å². The van der Waals surface area contributed by atoms with E-state index >= 15 is 0 Å². The summed E-state index contributed by atoms with van der Waals surface area (Å²) >= 11 is 0. The van der Waals surface area contributed by atoms with Crippen molar-refractivity contribution in [1.29, 1.82) is 5.26 Å². The second kappa shape index (κ2) is 5.94. The second-order valence-corrected chi connectivity index (χ2v) is 7.35. The number of benzene rings is 1. The van der Waals surface area contributed by atoms with Crippen LogP contribution in [0.4, 0.5) is 0 Å². The molecule has 2 atom stereocenters. The summed E-state index contributed by atoms with van der Waals surface area (Å²) in [4.78, 5) is 0.320. The van der Waals surface area contributed by atoms with Crippen LogP contribution in [0.15, 0.2) is 29.2 Å². The zero-order valence-corrected chi connectivity index (χ0v) is 12.7. The lowest BCUT2D eigenvalue weighted by atomic mass is 9.94. The van der Waals surface area contributed by atoms with Gasteiger partial charge >= 0.3 is 0 Å². The molecule has 0 amide bonds. The Morgan fingerprint density at radius 3 is 2.55 bits per heavy atom. The van der Waals surface area contributed by atoms with E-state index in [0.29, 0.717) is 23.8 Å². The Hall–Kier alpha value is -1.38. The lowest BCUT2D eigenvalue weighted by molar-refractivity contribution is 0.202. The van der Waals surface area contributed by atoms with Gasteiger partial charge < -0.3 is 0 Å². The molecule has 2 unspecified atom stereocenters. The summed E-state index contributed by atoms with van der Waals surface area (Å²) in [7, 11) is -3.43. The first kappa shape index (κ1) is 15.0. The molecule has 2 rings (SSSR count). The first-order chi connectivity index (χ1) is 9.46. The molecule has 1 aliphatic heterocycles. The van der Waals surface area contributed by atoms with Gasteiger partial charge in [0.25, 0.3) is 0 Å². The maximum Gasteiger partial charge on any atom is 0.243 e. The topological polar surface area (TPSA) is 61.2 Å². The number of nitrogens with zero attached hydrogens (tertiary/aromatic N) is 2. The molecule has 0 saturated carbocycles. The molecular formula is C15H20N2O2S. The first-order valence-corrected chi connectivity index (χ1v) is 8.38. The summed E-state index contributed by atoms with van der Waals surface area (Å²) < 4.78 is 27.0. The van der Waals surface area contributed by atoms with Gasteiger partial charge in [-0.1, -0.05) is 19.1 Å². The zero-order chi connectivity index (χ0) is 14.8. The van der Waals surface area contributed by atoms with Crippen LogP contribution in [0.25, 0.3) is 0 Å². The third-order valence-electron chi connectivity index (χ3n) is 4.13. The molecular weight excluding hydrogens is 272 g/mol. The van der Waals surface area contributed by atoms with Crippen LogP contribution in [0.3, 0.4) is 0 Å². The van der Waals surface area contributed by atoms with Crippen molar-refractivity contribution in [3.05, 3.63) is 29.8 Å². The van der Waals surface area contributed by atoms with E-state index in [9.17, 15) is 8.42 Å². The molecule has 0 bridgehead atoms. The Labute approximate surface area is 121 Å². The Kier molecular flexibility index (Phi) is 4.46. The number of hydrogen-bond donors (Lipinski definition) is 0. The Morgan fingerprint density at radius 2 is 1.95 bits per heavy atom. The van der Waals surface area contributed by atoms with Gasteiger partial charge in [-0.3, -0.25) is 0 Å². The van der Waals surface area contributed by atoms with Crippen molar-refractivity contribution < 1.29 is 8.42 Å². The maximum atomic E-state index is 12.7. The highest BCUT2D eigenvalue weighted by molar-refractivity contribution is 7.89. The lowest BCUT2D eigenvalue weighted by Gasteiger charge is -2.36. The molecule has 1 aromatic rings. The summed E-state index contributed by atoms with van der Waals surface area (Å²) in [5, 5.41) is 8.64. The van der Waals surface area contributed by atoms with Crippen LogP contribution in [-0.4, -0.2) is 25.3 Å². The monoisotopic (exact) mass is 292 g/mol. The highest BCUT2D eigenvalue weighted by Gasteiger charge is 2.34. The molecule has 1 aliphatic rings. The van der Waals surface area contributed by atoms with Crippen LogP contribution in [0, 0.1) is 17.2 Å². The number of rotatable bonds is 3. The highest BCUT2D eigenvalue weighted by atomic mass is 32.2. The Morgan fingerprint density at radius 1 is 1.30 bits per heavy atom. The number of hydrogen-bond acceptors (Lipinski definition) is 3. The van der Waals surface area contributed by atoms with Gasteiger partial charge in [0.2, 0.25) is 10.0 Å². The third kappa shape index (κ3) is 2.87. The predicted molar refractivity (Wildman–Crippen MR) is 77.5 cm³/mol. The largest absolute Gasteiger partial charge is 0.243 e. The predicted octanol–water partition coefficient (Wildman–Crippen LogP) is 2.56. The molecule has 1 aromatic carbocycles. The van der Waals surface area contributed by atoms with Gasteiger partial charge in [0.15, 0.2) is 0 Å². The van der Waals surface area contributed by atoms with Gasteiger partial charge in [0.1, 0.15) is 0 Å². The average Bonchev–Trinajstić information content (AvgIpc) is 2.42. The van der Waals surface area contributed by atoms with Crippen LogP contribution >= 0.6 is 0 Å². The van der Waals surface area contributed by atoms with Crippen LogP contribution < -0.4 is 0 Å². The third-order valence-corrected chi connectivity index (χ3v) is 6.13. The van der Waals surface area contributed by atoms with Crippen molar-refractivity contribution >= 4 is 10.0 Å². The summed E-state index contributed by atoms with van der Waals surface area (Å²) in [6.07, 6.45) is 2.29. The number of sulfonamides is 1. The first-order valence-electron chi connectivity index (χ1n) is 6.94. The van der Waals surface area contributed by atoms with E-state index in [1.54, 1.807) is 28.6 Å². The fraction of sp³-hybridized carbons (Fsp3) is 0.533. The summed E-state index contributed by atoms with van der Waals surface area (Å²) in [5.74, 6) is 0.386. The van der Waals surface area contributed by atoms with Gasteiger partial charge in [-0.2, -0.15) is 9.57 Å². The van der Waals surface area contributed by atoms with Gasteiger partial charge in [0.05, 0.1) is 17.4 Å². The standard InChI is InChI=1S/C15H20N2O2S/c1-12-4-3-11-17(13(12)2)20(18,19)15-7-5-14(6-8-15)9-10-16/h5-8,12-13H,3-4,9,11H2,1-2H3. The number of piperidine rings is 1.